The van der Waals surface area contributed by atoms with Gasteiger partial charge in [-0.1, -0.05) is 0 Å². The number of ketones is 1. The highest BCUT2D eigenvalue weighted by atomic mass is 16.2. The largest absolute Gasteiger partial charge is 0.334 e. The SMILES string of the molecule is CC(=O)c1c(C)nn(CCC(=O)N2Cc3cnc(C)cc3C2)c1C. The van der Waals surface area contributed by atoms with Crippen LogP contribution in [0.15, 0.2) is 12.3 Å². The average Bonchev–Trinajstić information content (AvgIpc) is 3.05. The van der Waals surface area contributed by atoms with Crippen LogP contribution < -0.4 is 0 Å². The van der Waals surface area contributed by atoms with Gasteiger partial charge < -0.3 is 4.90 Å². The smallest absolute Gasteiger partial charge is 0.225 e. The van der Waals surface area contributed by atoms with E-state index in [1.807, 2.05) is 37.9 Å². The normalized spacial score (nSPS) is 13.2. The van der Waals surface area contributed by atoms with Gasteiger partial charge in [0.15, 0.2) is 5.78 Å². The number of carbonyl (C=O) groups is 2. The molecule has 0 aliphatic carbocycles. The van der Waals surface area contributed by atoms with Gasteiger partial charge in [-0.05, 0) is 44.9 Å². The summed E-state index contributed by atoms with van der Waals surface area (Å²) in [6.07, 6.45) is 2.23. The van der Waals surface area contributed by atoms with Crippen molar-refractivity contribution in [2.24, 2.45) is 0 Å². The maximum absolute atomic E-state index is 12.5. The van der Waals surface area contributed by atoms with E-state index in [0.717, 1.165) is 22.6 Å². The number of rotatable bonds is 4. The summed E-state index contributed by atoms with van der Waals surface area (Å²) in [5.41, 5.74) is 5.50. The molecule has 1 amide bonds. The van der Waals surface area contributed by atoms with E-state index in [9.17, 15) is 9.59 Å². The fourth-order valence-corrected chi connectivity index (χ4v) is 3.36. The Kier molecular flexibility index (Phi) is 4.22. The standard InChI is InChI=1S/C18H22N4O2/c1-11-7-15-9-21(10-16(15)8-19-11)17(24)5-6-22-13(3)18(14(4)23)12(2)20-22/h7-8H,5-6,9-10H2,1-4H3. The van der Waals surface area contributed by atoms with Crippen molar-refractivity contribution in [3.05, 3.63) is 46.0 Å². The van der Waals surface area contributed by atoms with Crippen LogP contribution in [0.3, 0.4) is 0 Å². The van der Waals surface area contributed by atoms with Crippen LogP contribution >= 0.6 is 0 Å². The highest BCUT2D eigenvalue weighted by Gasteiger charge is 2.24. The average molecular weight is 326 g/mol. The van der Waals surface area contributed by atoms with Crippen LogP contribution in [0.25, 0.3) is 0 Å². The van der Waals surface area contributed by atoms with Crippen LogP contribution in [-0.4, -0.2) is 31.4 Å². The molecule has 2 aromatic rings. The van der Waals surface area contributed by atoms with Gasteiger partial charge in [0.1, 0.15) is 0 Å². The maximum atomic E-state index is 12.5. The van der Waals surface area contributed by atoms with Crippen molar-refractivity contribution in [3.8, 4) is 0 Å². The van der Waals surface area contributed by atoms with Crippen molar-refractivity contribution in [3.63, 3.8) is 0 Å². The number of nitrogens with zero attached hydrogens (tertiary/aromatic N) is 4. The van der Waals surface area contributed by atoms with Crippen LogP contribution in [0.4, 0.5) is 0 Å². The van der Waals surface area contributed by atoms with Gasteiger partial charge >= 0.3 is 0 Å². The van der Waals surface area contributed by atoms with Gasteiger partial charge in [-0.2, -0.15) is 5.10 Å². The van der Waals surface area contributed by atoms with E-state index in [0.29, 0.717) is 31.6 Å². The summed E-state index contributed by atoms with van der Waals surface area (Å²) in [6.45, 7) is 8.97. The molecule has 1 aliphatic rings. The lowest BCUT2D eigenvalue weighted by Gasteiger charge is -2.15. The molecule has 126 valence electrons. The molecule has 6 heteroatoms. The third-order valence-electron chi connectivity index (χ3n) is 4.57. The second-order valence-electron chi connectivity index (χ2n) is 6.42. The molecule has 0 unspecified atom stereocenters. The lowest BCUT2D eigenvalue weighted by atomic mass is 10.1. The second-order valence-corrected chi connectivity index (χ2v) is 6.42. The predicted molar refractivity (Wildman–Crippen MR) is 89.6 cm³/mol. The number of carbonyl (C=O) groups excluding carboxylic acids is 2. The number of aromatic nitrogens is 3. The predicted octanol–water partition coefficient (Wildman–Crippen LogP) is 2.34. The van der Waals surface area contributed by atoms with E-state index in [2.05, 4.69) is 10.1 Å². The third kappa shape index (κ3) is 2.96. The molecule has 0 spiro atoms. The van der Waals surface area contributed by atoms with Gasteiger partial charge in [0.2, 0.25) is 5.91 Å². The van der Waals surface area contributed by atoms with Crippen molar-refractivity contribution >= 4 is 11.7 Å². The summed E-state index contributed by atoms with van der Waals surface area (Å²) < 4.78 is 1.76. The van der Waals surface area contributed by atoms with Gasteiger partial charge in [0.25, 0.3) is 0 Å². The molecule has 0 aromatic carbocycles. The van der Waals surface area contributed by atoms with Crippen molar-refractivity contribution < 1.29 is 9.59 Å². The molecule has 0 saturated carbocycles. The molecule has 3 heterocycles. The van der Waals surface area contributed by atoms with Gasteiger partial charge in [-0.25, -0.2) is 0 Å². The van der Waals surface area contributed by atoms with E-state index in [1.54, 1.807) is 11.6 Å². The fourth-order valence-electron chi connectivity index (χ4n) is 3.36. The Morgan fingerprint density at radius 3 is 2.54 bits per heavy atom. The van der Waals surface area contributed by atoms with Crippen molar-refractivity contribution in [2.75, 3.05) is 0 Å². The molecule has 0 N–H and O–H groups in total. The molecule has 24 heavy (non-hydrogen) atoms. The summed E-state index contributed by atoms with van der Waals surface area (Å²) in [4.78, 5) is 30.3. The minimum atomic E-state index is 0.0143. The van der Waals surface area contributed by atoms with Gasteiger partial charge in [0.05, 0.1) is 11.3 Å². The molecule has 3 rings (SSSR count). The first-order valence-corrected chi connectivity index (χ1v) is 8.14. The van der Waals surface area contributed by atoms with Crippen LogP contribution in [0.1, 0.15) is 51.9 Å². The zero-order valence-corrected chi connectivity index (χ0v) is 14.6. The summed E-state index contributed by atoms with van der Waals surface area (Å²) >= 11 is 0. The summed E-state index contributed by atoms with van der Waals surface area (Å²) in [5.74, 6) is 0.112. The molecule has 0 saturated heterocycles. The number of aryl methyl sites for hydroxylation is 3. The first kappa shape index (κ1) is 16.4. The molecular weight excluding hydrogens is 304 g/mol. The van der Waals surface area contributed by atoms with Crippen molar-refractivity contribution in [1.29, 1.82) is 0 Å². The Bertz CT molecular complexity index is 823. The van der Waals surface area contributed by atoms with Crippen molar-refractivity contribution in [1.82, 2.24) is 19.7 Å². The first-order valence-electron chi connectivity index (χ1n) is 8.14. The number of amides is 1. The lowest BCUT2D eigenvalue weighted by Crippen LogP contribution is -2.26. The van der Waals surface area contributed by atoms with E-state index in [1.165, 1.54) is 5.56 Å². The summed E-state index contributed by atoms with van der Waals surface area (Å²) in [5, 5.41) is 4.40. The van der Waals surface area contributed by atoms with E-state index in [-0.39, 0.29) is 11.7 Å². The molecular formula is C18H22N4O2. The Morgan fingerprint density at radius 2 is 1.88 bits per heavy atom. The van der Waals surface area contributed by atoms with Crippen molar-refractivity contribution in [2.45, 2.75) is 53.8 Å². The Morgan fingerprint density at radius 1 is 1.17 bits per heavy atom. The number of hydrogen-bond donors (Lipinski definition) is 0. The molecule has 6 nitrogen and oxygen atoms in total. The van der Waals surface area contributed by atoms with Gasteiger partial charge in [-0.15, -0.1) is 0 Å². The van der Waals surface area contributed by atoms with Crippen LogP contribution in [-0.2, 0) is 24.4 Å². The Balaban J connectivity index is 1.65. The number of Topliss-reactive ketones (excluding diaryl/α,β-unsaturated/α-hetero) is 1. The quantitative estimate of drug-likeness (QED) is 0.809. The number of hydrogen-bond acceptors (Lipinski definition) is 4. The lowest BCUT2D eigenvalue weighted by molar-refractivity contribution is -0.132. The molecule has 0 fully saturated rings. The summed E-state index contributed by atoms with van der Waals surface area (Å²) in [6, 6.07) is 2.04. The van der Waals surface area contributed by atoms with Gasteiger partial charge in [0, 0.05) is 43.6 Å². The minimum Gasteiger partial charge on any atom is -0.334 e. The molecule has 1 aliphatic heterocycles. The zero-order valence-electron chi connectivity index (χ0n) is 14.6. The zero-order chi connectivity index (χ0) is 17.4. The number of pyridine rings is 1. The van der Waals surface area contributed by atoms with E-state index in [4.69, 9.17) is 0 Å². The molecule has 0 bridgehead atoms. The van der Waals surface area contributed by atoms with Crippen LogP contribution in [0.5, 0.6) is 0 Å². The summed E-state index contributed by atoms with van der Waals surface area (Å²) in [7, 11) is 0. The van der Waals surface area contributed by atoms with E-state index >= 15 is 0 Å². The Hall–Kier alpha value is -2.50. The second kappa shape index (κ2) is 6.19. The number of fused-ring (bicyclic) bond motifs is 1. The minimum absolute atomic E-state index is 0.0143. The molecule has 0 radical (unpaired) electrons. The third-order valence-corrected chi connectivity index (χ3v) is 4.57. The van der Waals surface area contributed by atoms with Gasteiger partial charge in [-0.3, -0.25) is 19.3 Å². The monoisotopic (exact) mass is 326 g/mol. The fraction of sp³-hybridized carbons (Fsp3) is 0.444. The topological polar surface area (TPSA) is 68.1 Å². The molecule has 2 aromatic heterocycles. The van der Waals surface area contributed by atoms with Crippen LogP contribution in [0, 0.1) is 20.8 Å². The molecule has 0 atom stereocenters. The Labute approximate surface area is 141 Å². The van der Waals surface area contributed by atoms with Crippen LogP contribution in [0.2, 0.25) is 0 Å². The highest BCUT2D eigenvalue weighted by molar-refractivity contribution is 5.96. The highest BCUT2D eigenvalue weighted by Crippen LogP contribution is 2.23. The maximum Gasteiger partial charge on any atom is 0.225 e. The van der Waals surface area contributed by atoms with E-state index < -0.39 is 0 Å². The first-order chi connectivity index (χ1) is 11.4.